The molecule has 0 amide bonds. The molecule has 0 radical (unpaired) electrons. The fourth-order valence-electron chi connectivity index (χ4n) is 5.02. The largest absolute Gasteiger partial charge is 0.478 e. The molecule has 0 atom stereocenters. The molecular formula is C27H32FN5O2. The third-order valence-electron chi connectivity index (χ3n) is 6.89. The fraction of sp³-hybridized carbons (Fsp3) is 0.444. The normalized spacial score (nSPS) is 14.9. The number of imidazole rings is 1. The molecule has 1 aromatic carbocycles. The fourth-order valence-corrected chi connectivity index (χ4v) is 5.02. The number of hydrogen-bond donors (Lipinski definition) is 0. The van der Waals surface area contributed by atoms with Crippen LogP contribution in [0.2, 0.25) is 0 Å². The van der Waals surface area contributed by atoms with Gasteiger partial charge in [0.2, 0.25) is 5.88 Å². The molecule has 1 aliphatic rings. The summed E-state index contributed by atoms with van der Waals surface area (Å²) in [5.74, 6) is 0.157. The van der Waals surface area contributed by atoms with Crippen molar-refractivity contribution < 1.29 is 9.13 Å². The SMILES string of the molecule is CC(C)n1c(=O)n(C)c2cnc3cc(F)c(-c4ccc(OCCCN5CCCCC5)nc4)cc3c21. The molecule has 0 unspecified atom stereocenters. The topological polar surface area (TPSA) is 65.2 Å². The summed E-state index contributed by atoms with van der Waals surface area (Å²) in [6.45, 7) is 7.95. The molecule has 5 rings (SSSR count). The van der Waals surface area contributed by atoms with Gasteiger partial charge in [0.15, 0.2) is 0 Å². The number of nitrogens with zero attached hydrogens (tertiary/aromatic N) is 5. The lowest BCUT2D eigenvalue weighted by molar-refractivity contribution is 0.203. The molecule has 0 spiro atoms. The molecule has 0 aliphatic carbocycles. The van der Waals surface area contributed by atoms with Gasteiger partial charge in [-0.15, -0.1) is 0 Å². The lowest BCUT2D eigenvalue weighted by Gasteiger charge is -2.26. The molecule has 0 bridgehead atoms. The Morgan fingerprint density at radius 2 is 1.89 bits per heavy atom. The first kappa shape index (κ1) is 23.5. The van der Waals surface area contributed by atoms with E-state index in [2.05, 4.69) is 14.9 Å². The quantitative estimate of drug-likeness (QED) is 0.353. The van der Waals surface area contributed by atoms with E-state index in [1.165, 1.54) is 38.4 Å². The Kier molecular flexibility index (Phi) is 6.56. The highest BCUT2D eigenvalue weighted by molar-refractivity contribution is 6.04. The Balaban J connectivity index is 1.40. The molecule has 4 aromatic rings. The maximum atomic E-state index is 15.1. The van der Waals surface area contributed by atoms with E-state index in [0.29, 0.717) is 29.1 Å². The van der Waals surface area contributed by atoms with Crippen LogP contribution in [0.3, 0.4) is 0 Å². The maximum absolute atomic E-state index is 15.1. The van der Waals surface area contributed by atoms with Crippen molar-refractivity contribution in [3.8, 4) is 17.0 Å². The van der Waals surface area contributed by atoms with E-state index >= 15 is 4.39 Å². The third-order valence-corrected chi connectivity index (χ3v) is 6.89. The summed E-state index contributed by atoms with van der Waals surface area (Å²) < 4.78 is 24.2. The lowest BCUT2D eigenvalue weighted by Crippen LogP contribution is -2.31. The predicted molar refractivity (Wildman–Crippen MR) is 136 cm³/mol. The Morgan fingerprint density at radius 3 is 2.60 bits per heavy atom. The summed E-state index contributed by atoms with van der Waals surface area (Å²) in [6.07, 6.45) is 8.15. The van der Waals surface area contributed by atoms with Gasteiger partial charge in [-0.05, 0) is 58.3 Å². The van der Waals surface area contributed by atoms with E-state index in [1.54, 1.807) is 40.7 Å². The highest BCUT2D eigenvalue weighted by Gasteiger charge is 2.19. The molecule has 0 N–H and O–H groups in total. The van der Waals surface area contributed by atoms with Crippen LogP contribution in [0.15, 0.2) is 41.5 Å². The van der Waals surface area contributed by atoms with Crippen LogP contribution in [0.5, 0.6) is 5.88 Å². The van der Waals surface area contributed by atoms with E-state index in [9.17, 15) is 4.79 Å². The van der Waals surface area contributed by atoms with Crippen molar-refractivity contribution in [2.24, 2.45) is 7.05 Å². The number of halogens is 1. The Bertz CT molecular complexity index is 1400. The maximum Gasteiger partial charge on any atom is 0.329 e. The monoisotopic (exact) mass is 477 g/mol. The van der Waals surface area contributed by atoms with Crippen molar-refractivity contribution >= 4 is 21.9 Å². The summed E-state index contributed by atoms with van der Waals surface area (Å²) in [5.41, 5.74) is 2.96. The average molecular weight is 478 g/mol. The van der Waals surface area contributed by atoms with Gasteiger partial charge in [0.25, 0.3) is 0 Å². The van der Waals surface area contributed by atoms with E-state index in [0.717, 1.165) is 29.4 Å². The second kappa shape index (κ2) is 9.77. The number of ether oxygens (including phenoxy) is 1. The van der Waals surface area contributed by atoms with Crippen LogP contribution in [0.1, 0.15) is 45.6 Å². The molecule has 1 fully saturated rings. The first-order chi connectivity index (χ1) is 16.9. The van der Waals surface area contributed by atoms with Crippen molar-refractivity contribution in [3.63, 3.8) is 0 Å². The van der Waals surface area contributed by atoms with Crippen LogP contribution in [0.4, 0.5) is 4.39 Å². The zero-order valence-corrected chi connectivity index (χ0v) is 20.6. The van der Waals surface area contributed by atoms with Gasteiger partial charge in [-0.3, -0.25) is 14.1 Å². The second-order valence-corrected chi connectivity index (χ2v) is 9.64. The first-order valence-corrected chi connectivity index (χ1v) is 12.4. The number of rotatable bonds is 7. The van der Waals surface area contributed by atoms with Gasteiger partial charge < -0.3 is 9.64 Å². The van der Waals surface area contributed by atoms with Gasteiger partial charge in [0, 0.05) is 54.5 Å². The lowest BCUT2D eigenvalue weighted by atomic mass is 10.0. The van der Waals surface area contributed by atoms with Crippen LogP contribution in [-0.4, -0.2) is 50.2 Å². The first-order valence-electron chi connectivity index (χ1n) is 12.4. The third kappa shape index (κ3) is 4.55. The Morgan fingerprint density at radius 1 is 1.09 bits per heavy atom. The zero-order chi connectivity index (χ0) is 24.5. The molecule has 8 heteroatoms. The molecule has 35 heavy (non-hydrogen) atoms. The molecule has 4 heterocycles. The minimum Gasteiger partial charge on any atom is -0.478 e. The van der Waals surface area contributed by atoms with Crippen LogP contribution >= 0.6 is 0 Å². The molecule has 1 aliphatic heterocycles. The van der Waals surface area contributed by atoms with E-state index in [1.807, 2.05) is 19.9 Å². The summed E-state index contributed by atoms with van der Waals surface area (Å²) in [4.78, 5) is 24.1. The minimum atomic E-state index is -0.379. The molecular weight excluding hydrogens is 445 g/mol. The van der Waals surface area contributed by atoms with Crippen LogP contribution in [0, 0.1) is 5.82 Å². The van der Waals surface area contributed by atoms with Gasteiger partial charge in [-0.25, -0.2) is 14.2 Å². The van der Waals surface area contributed by atoms with Crippen molar-refractivity contribution in [1.29, 1.82) is 0 Å². The molecule has 184 valence electrons. The van der Waals surface area contributed by atoms with Crippen LogP contribution in [0.25, 0.3) is 33.1 Å². The van der Waals surface area contributed by atoms with Crippen molar-refractivity contribution in [2.45, 2.75) is 45.6 Å². The number of aromatic nitrogens is 4. The second-order valence-electron chi connectivity index (χ2n) is 9.64. The number of pyridine rings is 2. The van der Waals surface area contributed by atoms with Gasteiger partial charge in [-0.2, -0.15) is 0 Å². The number of benzene rings is 1. The summed E-state index contributed by atoms with van der Waals surface area (Å²) in [6, 6.07) is 6.76. The van der Waals surface area contributed by atoms with Gasteiger partial charge >= 0.3 is 5.69 Å². The highest BCUT2D eigenvalue weighted by Crippen LogP contribution is 2.32. The molecule has 1 saturated heterocycles. The summed E-state index contributed by atoms with van der Waals surface area (Å²) in [5, 5.41) is 0.739. The van der Waals surface area contributed by atoms with Crippen molar-refractivity contribution in [2.75, 3.05) is 26.2 Å². The summed E-state index contributed by atoms with van der Waals surface area (Å²) >= 11 is 0. The minimum absolute atomic E-state index is 0.0432. The zero-order valence-electron chi connectivity index (χ0n) is 20.6. The number of fused-ring (bicyclic) bond motifs is 3. The smallest absolute Gasteiger partial charge is 0.329 e. The Labute approximate surface area is 204 Å². The van der Waals surface area contributed by atoms with Crippen LogP contribution < -0.4 is 10.4 Å². The van der Waals surface area contributed by atoms with Crippen molar-refractivity contribution in [3.05, 3.63) is 53.0 Å². The summed E-state index contributed by atoms with van der Waals surface area (Å²) in [7, 11) is 1.73. The van der Waals surface area contributed by atoms with Gasteiger partial charge in [0.05, 0.1) is 29.4 Å². The molecule has 0 saturated carbocycles. The molecule has 3 aromatic heterocycles. The van der Waals surface area contributed by atoms with E-state index in [-0.39, 0.29) is 17.5 Å². The van der Waals surface area contributed by atoms with Crippen LogP contribution in [-0.2, 0) is 7.05 Å². The number of piperidine rings is 1. The van der Waals surface area contributed by atoms with E-state index < -0.39 is 0 Å². The van der Waals surface area contributed by atoms with E-state index in [4.69, 9.17) is 4.74 Å². The molecule has 7 nitrogen and oxygen atoms in total. The number of hydrogen-bond acceptors (Lipinski definition) is 5. The highest BCUT2D eigenvalue weighted by atomic mass is 19.1. The van der Waals surface area contributed by atoms with Crippen molar-refractivity contribution in [1.82, 2.24) is 24.0 Å². The number of aryl methyl sites for hydroxylation is 1. The Hall–Kier alpha value is -3.26. The van der Waals surface area contributed by atoms with Gasteiger partial charge in [-0.1, -0.05) is 6.42 Å². The average Bonchev–Trinajstić information content (AvgIpc) is 3.13. The standard InChI is InChI=1S/C27H32FN5O2/c1-18(2)33-26-21-14-20(22(28)15-23(21)29-17-24(26)31(3)27(33)34)19-8-9-25(30-16-19)35-13-7-12-32-10-5-4-6-11-32/h8-9,14-18H,4-7,10-13H2,1-3H3. The number of likely N-dealkylation sites (tertiary alicyclic amines) is 1. The predicted octanol–water partition coefficient (Wildman–Crippen LogP) is 4.93. The van der Waals surface area contributed by atoms with Gasteiger partial charge in [0.1, 0.15) is 5.82 Å².